The van der Waals surface area contributed by atoms with Crippen molar-refractivity contribution >= 4 is 33.1 Å². The average molecular weight is 323 g/mol. The minimum absolute atomic E-state index is 0.286. The Bertz CT molecular complexity index is 557. The predicted molar refractivity (Wildman–Crippen MR) is 78.6 cm³/mol. The molecule has 0 saturated heterocycles. The van der Waals surface area contributed by atoms with Crippen LogP contribution in [0.15, 0.2) is 47.1 Å². The molecule has 1 aromatic carbocycles. The zero-order valence-corrected chi connectivity index (χ0v) is 11.9. The van der Waals surface area contributed by atoms with Gasteiger partial charge in [0.15, 0.2) is 0 Å². The fourth-order valence-electron chi connectivity index (χ4n) is 1.40. The summed E-state index contributed by atoms with van der Waals surface area (Å²) in [5.74, 6) is 0.690. The van der Waals surface area contributed by atoms with Crippen molar-refractivity contribution in [2.75, 3.05) is 0 Å². The Morgan fingerprint density at radius 3 is 2.78 bits per heavy atom. The lowest BCUT2D eigenvalue weighted by molar-refractivity contribution is 0.305. The van der Waals surface area contributed by atoms with Crippen molar-refractivity contribution in [3.63, 3.8) is 0 Å². The Kier molecular flexibility index (Phi) is 4.28. The second-order valence-electron chi connectivity index (χ2n) is 3.66. The molecule has 0 saturated carbocycles. The smallest absolute Gasteiger partial charge is 0.138 e. The number of hydrogen-bond acceptors (Lipinski definition) is 3. The molecule has 1 aromatic heterocycles. The molecule has 2 rings (SSSR count). The van der Waals surface area contributed by atoms with Crippen molar-refractivity contribution in [1.82, 2.24) is 4.98 Å². The van der Waals surface area contributed by atoms with Crippen LogP contribution in [0.4, 0.5) is 0 Å². The molecule has 3 nitrogen and oxygen atoms in total. The standard InChI is InChI=1S/C13H11BrN2OS/c14-10-3-1-2-9(6-10)8-17-11-4-5-12(13(15)18)16-7-11/h1-7H,8H2,(H2,15,18). The number of benzene rings is 1. The third kappa shape index (κ3) is 3.51. The van der Waals surface area contributed by atoms with E-state index in [4.69, 9.17) is 22.7 Å². The summed E-state index contributed by atoms with van der Waals surface area (Å²) in [7, 11) is 0. The van der Waals surface area contributed by atoms with E-state index in [-0.39, 0.29) is 4.99 Å². The summed E-state index contributed by atoms with van der Waals surface area (Å²) in [6, 6.07) is 11.5. The van der Waals surface area contributed by atoms with Gasteiger partial charge < -0.3 is 10.5 Å². The van der Waals surface area contributed by atoms with E-state index in [9.17, 15) is 0 Å². The summed E-state index contributed by atoms with van der Waals surface area (Å²) >= 11 is 8.25. The van der Waals surface area contributed by atoms with E-state index in [1.165, 1.54) is 0 Å². The number of thiocarbonyl (C=S) groups is 1. The van der Waals surface area contributed by atoms with Crippen LogP contribution in [0.3, 0.4) is 0 Å². The molecule has 0 aliphatic rings. The molecule has 2 N–H and O–H groups in total. The van der Waals surface area contributed by atoms with E-state index >= 15 is 0 Å². The van der Waals surface area contributed by atoms with Crippen LogP contribution >= 0.6 is 28.1 Å². The van der Waals surface area contributed by atoms with Crippen LogP contribution in [0.1, 0.15) is 11.3 Å². The minimum atomic E-state index is 0.286. The number of ether oxygens (including phenoxy) is 1. The predicted octanol–water partition coefficient (Wildman–Crippen LogP) is 3.06. The van der Waals surface area contributed by atoms with Crippen LogP contribution in [0, 0.1) is 0 Å². The van der Waals surface area contributed by atoms with Gasteiger partial charge in [-0.25, -0.2) is 4.98 Å². The van der Waals surface area contributed by atoms with Crippen molar-refractivity contribution < 1.29 is 4.74 Å². The number of hydrogen-bond donors (Lipinski definition) is 1. The maximum Gasteiger partial charge on any atom is 0.138 e. The van der Waals surface area contributed by atoms with E-state index < -0.39 is 0 Å². The van der Waals surface area contributed by atoms with E-state index in [0.717, 1.165) is 10.0 Å². The molecule has 0 spiro atoms. The zero-order valence-electron chi connectivity index (χ0n) is 9.47. The minimum Gasteiger partial charge on any atom is -0.487 e. The topological polar surface area (TPSA) is 48.1 Å². The highest BCUT2D eigenvalue weighted by Gasteiger charge is 2.00. The van der Waals surface area contributed by atoms with Crippen molar-refractivity contribution in [3.05, 3.63) is 58.3 Å². The highest BCUT2D eigenvalue weighted by Crippen LogP contribution is 2.15. The van der Waals surface area contributed by atoms with Gasteiger partial charge in [0.25, 0.3) is 0 Å². The molecule has 0 aliphatic carbocycles. The number of aromatic nitrogens is 1. The van der Waals surface area contributed by atoms with Crippen LogP contribution < -0.4 is 10.5 Å². The second-order valence-corrected chi connectivity index (χ2v) is 5.02. The zero-order chi connectivity index (χ0) is 13.0. The SMILES string of the molecule is NC(=S)c1ccc(OCc2cccc(Br)c2)cn1. The number of nitrogens with zero attached hydrogens (tertiary/aromatic N) is 1. The Labute approximate surface area is 119 Å². The van der Waals surface area contributed by atoms with E-state index in [1.807, 2.05) is 24.3 Å². The Morgan fingerprint density at radius 1 is 1.33 bits per heavy atom. The van der Waals surface area contributed by atoms with E-state index in [2.05, 4.69) is 20.9 Å². The monoisotopic (exact) mass is 322 g/mol. The maximum atomic E-state index is 5.61. The van der Waals surface area contributed by atoms with Crippen LogP contribution in [-0.4, -0.2) is 9.97 Å². The van der Waals surface area contributed by atoms with Gasteiger partial charge in [0, 0.05) is 4.47 Å². The molecule has 18 heavy (non-hydrogen) atoms. The van der Waals surface area contributed by atoms with E-state index in [0.29, 0.717) is 18.1 Å². The normalized spacial score (nSPS) is 10.1. The van der Waals surface area contributed by atoms with Gasteiger partial charge in [-0.05, 0) is 29.8 Å². The number of rotatable bonds is 4. The molecule has 0 atom stereocenters. The molecule has 0 aliphatic heterocycles. The summed E-state index contributed by atoms with van der Waals surface area (Å²) in [6.07, 6.45) is 1.62. The second kappa shape index (κ2) is 5.93. The van der Waals surface area contributed by atoms with Gasteiger partial charge in [0.05, 0.1) is 11.9 Å². The van der Waals surface area contributed by atoms with Crippen molar-refractivity contribution in [1.29, 1.82) is 0 Å². The van der Waals surface area contributed by atoms with Crippen LogP contribution in [0.2, 0.25) is 0 Å². The number of nitrogens with two attached hydrogens (primary N) is 1. The van der Waals surface area contributed by atoms with Gasteiger partial charge in [-0.15, -0.1) is 0 Å². The molecular weight excluding hydrogens is 312 g/mol. The lowest BCUT2D eigenvalue weighted by atomic mass is 10.2. The van der Waals surface area contributed by atoms with E-state index in [1.54, 1.807) is 18.3 Å². The molecule has 2 aromatic rings. The Hall–Kier alpha value is -1.46. The number of halogens is 1. The molecule has 0 radical (unpaired) electrons. The van der Waals surface area contributed by atoms with Gasteiger partial charge in [-0.2, -0.15) is 0 Å². The van der Waals surface area contributed by atoms with Gasteiger partial charge in [-0.1, -0.05) is 40.3 Å². The summed E-state index contributed by atoms with van der Waals surface area (Å²) in [5, 5.41) is 0. The quantitative estimate of drug-likeness (QED) is 0.879. The van der Waals surface area contributed by atoms with Crippen molar-refractivity contribution in [3.8, 4) is 5.75 Å². The third-order valence-corrected chi connectivity index (χ3v) is 2.99. The summed E-state index contributed by atoms with van der Waals surface area (Å²) in [4.78, 5) is 4.39. The Balaban J connectivity index is 2.00. The first-order valence-corrected chi connectivity index (χ1v) is 6.48. The average Bonchev–Trinajstić information content (AvgIpc) is 2.37. The van der Waals surface area contributed by atoms with Gasteiger partial charge in [-0.3, -0.25) is 0 Å². The van der Waals surface area contributed by atoms with Crippen molar-refractivity contribution in [2.45, 2.75) is 6.61 Å². The summed E-state index contributed by atoms with van der Waals surface area (Å²) in [6.45, 7) is 0.494. The molecule has 1 heterocycles. The summed E-state index contributed by atoms with van der Waals surface area (Å²) < 4.78 is 6.65. The van der Waals surface area contributed by atoms with Gasteiger partial charge >= 0.3 is 0 Å². The molecule has 0 fully saturated rings. The molecule has 0 unspecified atom stereocenters. The van der Waals surface area contributed by atoms with Crippen LogP contribution in [-0.2, 0) is 6.61 Å². The highest BCUT2D eigenvalue weighted by molar-refractivity contribution is 9.10. The lowest BCUT2D eigenvalue weighted by Gasteiger charge is -2.06. The van der Waals surface area contributed by atoms with Crippen LogP contribution in [0.25, 0.3) is 0 Å². The fraction of sp³-hybridized carbons (Fsp3) is 0.0769. The van der Waals surface area contributed by atoms with Gasteiger partial charge in [0.1, 0.15) is 17.3 Å². The number of pyridine rings is 1. The van der Waals surface area contributed by atoms with Gasteiger partial charge in [0.2, 0.25) is 0 Å². The molecular formula is C13H11BrN2OS. The first-order chi connectivity index (χ1) is 8.65. The fourth-order valence-corrected chi connectivity index (χ4v) is 1.97. The lowest BCUT2D eigenvalue weighted by Crippen LogP contribution is -2.11. The largest absolute Gasteiger partial charge is 0.487 e. The molecule has 0 amide bonds. The third-order valence-electron chi connectivity index (χ3n) is 2.28. The first-order valence-electron chi connectivity index (χ1n) is 5.28. The first kappa shape index (κ1) is 13.0. The van der Waals surface area contributed by atoms with Crippen LogP contribution in [0.5, 0.6) is 5.75 Å². The highest BCUT2D eigenvalue weighted by atomic mass is 79.9. The summed E-state index contributed by atoms with van der Waals surface area (Å²) in [5.41, 5.74) is 7.15. The maximum absolute atomic E-state index is 5.61. The Morgan fingerprint density at radius 2 is 2.17 bits per heavy atom. The molecule has 5 heteroatoms. The molecule has 0 bridgehead atoms. The van der Waals surface area contributed by atoms with Crippen molar-refractivity contribution in [2.24, 2.45) is 5.73 Å². The molecule has 92 valence electrons.